The summed E-state index contributed by atoms with van der Waals surface area (Å²) in [5.41, 5.74) is 0.630. The van der Waals surface area contributed by atoms with E-state index in [1.54, 1.807) is 23.7 Å². The number of rotatable bonds is 3. The predicted molar refractivity (Wildman–Crippen MR) is 59.2 cm³/mol. The van der Waals surface area contributed by atoms with Gasteiger partial charge in [0, 0.05) is 11.8 Å². The van der Waals surface area contributed by atoms with E-state index in [4.69, 9.17) is 0 Å². The molecule has 0 aromatic heterocycles. The van der Waals surface area contributed by atoms with Gasteiger partial charge in [0.25, 0.3) is 0 Å². The average molecular weight is 219 g/mol. The number of nitrogens with zero attached hydrogens (tertiary/aromatic N) is 1. The molecule has 15 heavy (non-hydrogen) atoms. The van der Waals surface area contributed by atoms with Crippen LogP contribution in [-0.2, 0) is 4.79 Å². The summed E-state index contributed by atoms with van der Waals surface area (Å²) >= 11 is 1.34. The van der Waals surface area contributed by atoms with Crippen LogP contribution in [0.15, 0.2) is 41.9 Å². The Morgan fingerprint density at radius 3 is 2.73 bits per heavy atom. The highest BCUT2D eigenvalue weighted by Gasteiger charge is 2.27. The summed E-state index contributed by atoms with van der Waals surface area (Å²) in [4.78, 5) is 24.0. The van der Waals surface area contributed by atoms with E-state index in [0.717, 1.165) is 0 Å². The minimum Gasteiger partial charge on any atom is -0.301 e. The van der Waals surface area contributed by atoms with Gasteiger partial charge in [0.15, 0.2) is 5.78 Å². The zero-order chi connectivity index (χ0) is 10.7. The van der Waals surface area contributed by atoms with Gasteiger partial charge < -0.3 is 4.90 Å². The van der Waals surface area contributed by atoms with E-state index < -0.39 is 5.37 Å². The van der Waals surface area contributed by atoms with E-state index in [1.807, 2.05) is 18.2 Å². The first-order valence-corrected chi connectivity index (χ1v) is 5.41. The van der Waals surface area contributed by atoms with Gasteiger partial charge in [-0.15, -0.1) is 0 Å². The molecule has 2 rings (SSSR count). The molecule has 0 saturated heterocycles. The van der Waals surface area contributed by atoms with E-state index in [1.165, 1.54) is 16.7 Å². The normalized spacial score (nSPS) is 19.2. The van der Waals surface area contributed by atoms with Gasteiger partial charge >= 0.3 is 0 Å². The van der Waals surface area contributed by atoms with Crippen molar-refractivity contribution in [1.82, 2.24) is 4.90 Å². The van der Waals surface area contributed by atoms with E-state index in [2.05, 4.69) is 0 Å². The van der Waals surface area contributed by atoms with Gasteiger partial charge in [-0.2, -0.15) is 0 Å². The van der Waals surface area contributed by atoms with Crippen molar-refractivity contribution < 1.29 is 9.59 Å². The summed E-state index contributed by atoms with van der Waals surface area (Å²) < 4.78 is 0. The number of carbonyl (C=O) groups excluding carboxylic acids is 2. The van der Waals surface area contributed by atoms with Crippen LogP contribution in [0, 0.1) is 0 Å². The van der Waals surface area contributed by atoms with Gasteiger partial charge in [0.2, 0.25) is 6.41 Å². The molecule has 1 atom stereocenters. The fraction of sp³-hybridized carbons (Fsp3) is 0.0909. The van der Waals surface area contributed by atoms with E-state index in [9.17, 15) is 9.59 Å². The van der Waals surface area contributed by atoms with Gasteiger partial charge in [0.1, 0.15) is 5.37 Å². The summed E-state index contributed by atoms with van der Waals surface area (Å²) in [6.07, 6.45) is 2.28. The van der Waals surface area contributed by atoms with E-state index in [0.29, 0.717) is 12.0 Å². The maximum Gasteiger partial charge on any atom is 0.215 e. The molecule has 1 heterocycles. The van der Waals surface area contributed by atoms with Crippen molar-refractivity contribution in [3.63, 3.8) is 0 Å². The van der Waals surface area contributed by atoms with Crippen molar-refractivity contribution in [1.29, 1.82) is 0 Å². The molecule has 1 amide bonds. The highest BCUT2D eigenvalue weighted by Crippen LogP contribution is 2.26. The van der Waals surface area contributed by atoms with Crippen molar-refractivity contribution >= 4 is 24.0 Å². The van der Waals surface area contributed by atoms with Gasteiger partial charge in [-0.1, -0.05) is 42.1 Å². The second-order valence-corrected chi connectivity index (χ2v) is 4.05. The Labute approximate surface area is 91.8 Å². The molecule has 1 unspecified atom stereocenters. The summed E-state index contributed by atoms with van der Waals surface area (Å²) in [6, 6.07) is 8.99. The van der Waals surface area contributed by atoms with Crippen molar-refractivity contribution in [2.24, 2.45) is 0 Å². The number of hydrogen-bond acceptors (Lipinski definition) is 3. The number of carbonyl (C=O) groups is 2. The van der Waals surface area contributed by atoms with Crippen LogP contribution in [0.2, 0.25) is 0 Å². The predicted octanol–water partition coefficient (Wildman–Crippen LogP) is 1.87. The first kappa shape index (κ1) is 9.98. The lowest BCUT2D eigenvalue weighted by atomic mass is 10.1. The third kappa shape index (κ3) is 1.94. The Balaban J connectivity index is 2.19. The molecule has 0 spiro atoms. The fourth-order valence-electron chi connectivity index (χ4n) is 1.36. The molecule has 0 aliphatic carbocycles. The lowest BCUT2D eigenvalue weighted by Crippen LogP contribution is -2.31. The number of hydrogen-bond donors (Lipinski definition) is 0. The lowest BCUT2D eigenvalue weighted by Gasteiger charge is -2.16. The third-order valence-corrected chi connectivity index (χ3v) is 3.11. The zero-order valence-electron chi connectivity index (χ0n) is 7.87. The third-order valence-electron chi connectivity index (χ3n) is 2.12. The largest absolute Gasteiger partial charge is 0.301 e. The Morgan fingerprint density at radius 2 is 2.07 bits per heavy atom. The van der Waals surface area contributed by atoms with Crippen LogP contribution in [0.4, 0.5) is 0 Å². The maximum absolute atomic E-state index is 12.0. The van der Waals surface area contributed by atoms with Crippen molar-refractivity contribution in [2.75, 3.05) is 0 Å². The fourth-order valence-corrected chi connectivity index (χ4v) is 2.24. The first-order chi connectivity index (χ1) is 7.33. The molecule has 0 N–H and O–H groups in total. The number of Topliss-reactive ketones (excluding diaryl/α,β-unsaturated/α-hetero) is 1. The quantitative estimate of drug-likeness (QED) is 0.575. The molecule has 1 aliphatic rings. The molecule has 3 nitrogen and oxygen atoms in total. The van der Waals surface area contributed by atoms with Gasteiger partial charge in [-0.05, 0) is 5.41 Å². The molecule has 0 saturated carbocycles. The molecular weight excluding hydrogens is 210 g/mol. The van der Waals surface area contributed by atoms with Crippen molar-refractivity contribution in [2.45, 2.75) is 5.37 Å². The number of benzene rings is 1. The minimum absolute atomic E-state index is 0.0438. The van der Waals surface area contributed by atoms with Crippen LogP contribution in [0.5, 0.6) is 0 Å². The smallest absolute Gasteiger partial charge is 0.215 e. The van der Waals surface area contributed by atoms with Gasteiger partial charge in [-0.3, -0.25) is 9.59 Å². The Kier molecular flexibility index (Phi) is 2.87. The summed E-state index contributed by atoms with van der Waals surface area (Å²) in [5, 5.41) is 1.31. The van der Waals surface area contributed by atoms with E-state index in [-0.39, 0.29) is 5.78 Å². The Morgan fingerprint density at radius 1 is 1.33 bits per heavy atom. The molecule has 0 bridgehead atoms. The zero-order valence-corrected chi connectivity index (χ0v) is 8.68. The minimum atomic E-state index is -0.440. The van der Waals surface area contributed by atoms with Crippen molar-refractivity contribution in [3.05, 3.63) is 47.5 Å². The molecule has 1 aromatic carbocycles. The van der Waals surface area contributed by atoms with Crippen LogP contribution >= 0.6 is 11.8 Å². The Hall–Kier alpha value is -1.55. The van der Waals surface area contributed by atoms with Crippen LogP contribution in [0.1, 0.15) is 10.4 Å². The Bertz CT molecular complexity index is 402. The molecule has 0 fully saturated rings. The summed E-state index contributed by atoms with van der Waals surface area (Å²) in [7, 11) is 0. The van der Waals surface area contributed by atoms with Crippen molar-refractivity contribution in [3.8, 4) is 0 Å². The van der Waals surface area contributed by atoms with Gasteiger partial charge in [-0.25, -0.2) is 0 Å². The second-order valence-electron chi connectivity index (χ2n) is 3.06. The molecular formula is C11H9NO2S. The number of thioether (sulfide) groups is 1. The highest BCUT2D eigenvalue weighted by molar-refractivity contribution is 8.03. The highest BCUT2D eigenvalue weighted by atomic mass is 32.2. The lowest BCUT2D eigenvalue weighted by molar-refractivity contribution is -0.115. The molecule has 76 valence electrons. The number of ketones is 1. The molecule has 0 radical (unpaired) electrons. The average Bonchev–Trinajstić information content (AvgIpc) is 2.77. The van der Waals surface area contributed by atoms with E-state index >= 15 is 0 Å². The van der Waals surface area contributed by atoms with Crippen LogP contribution < -0.4 is 0 Å². The molecule has 4 heteroatoms. The number of amides is 1. The summed E-state index contributed by atoms with van der Waals surface area (Å²) in [5.74, 6) is -0.0438. The van der Waals surface area contributed by atoms with Gasteiger partial charge in [0.05, 0.1) is 0 Å². The first-order valence-electron chi connectivity index (χ1n) is 4.47. The monoisotopic (exact) mass is 219 g/mol. The molecule has 1 aliphatic heterocycles. The van der Waals surface area contributed by atoms with Crippen LogP contribution in [-0.4, -0.2) is 22.5 Å². The molecule has 1 aromatic rings. The second kappa shape index (κ2) is 4.31. The summed E-state index contributed by atoms with van der Waals surface area (Å²) in [6.45, 7) is 0. The van der Waals surface area contributed by atoms with Crippen LogP contribution in [0.25, 0.3) is 0 Å². The standard InChI is InChI=1S/C11H9NO2S/c13-8-12-6-7-15-11(12)10(14)9-4-2-1-3-5-9/h1-8,11H. The maximum atomic E-state index is 12.0. The SMILES string of the molecule is O=CN1C=CSC1C(=O)c1ccccc1. The van der Waals surface area contributed by atoms with Crippen LogP contribution in [0.3, 0.4) is 0 Å². The topological polar surface area (TPSA) is 37.4 Å².